The van der Waals surface area contributed by atoms with Crippen molar-refractivity contribution in [1.29, 1.82) is 0 Å². The van der Waals surface area contributed by atoms with Crippen LogP contribution < -0.4 is 10.2 Å². The molecule has 0 aliphatic rings. The second-order valence-electron chi connectivity index (χ2n) is 5.50. The second-order valence-corrected chi connectivity index (χ2v) is 5.50. The summed E-state index contributed by atoms with van der Waals surface area (Å²) in [6.07, 6.45) is 1.55. The van der Waals surface area contributed by atoms with E-state index in [9.17, 15) is 4.79 Å². The van der Waals surface area contributed by atoms with Crippen molar-refractivity contribution < 1.29 is 4.79 Å². The normalized spacial score (nSPS) is 10.6. The van der Waals surface area contributed by atoms with Crippen LogP contribution in [0.1, 0.15) is 12.5 Å². The van der Waals surface area contributed by atoms with E-state index in [1.54, 1.807) is 25.2 Å². The Bertz CT molecular complexity index is 876. The topological polar surface area (TPSA) is 58.1 Å². The van der Waals surface area contributed by atoms with Gasteiger partial charge in [-0.05, 0) is 37.3 Å². The van der Waals surface area contributed by atoms with E-state index in [1.807, 2.05) is 43.3 Å². The highest BCUT2D eigenvalue weighted by atomic mass is 16.2. The molecule has 0 unspecified atom stereocenters. The maximum Gasteiger partial charge on any atom is 0.223 e. The minimum absolute atomic E-state index is 0.00902. The van der Waals surface area contributed by atoms with Gasteiger partial charge in [-0.1, -0.05) is 17.7 Å². The lowest BCUT2D eigenvalue weighted by atomic mass is 10.1. The minimum atomic E-state index is -0.00902. The van der Waals surface area contributed by atoms with Gasteiger partial charge in [0.05, 0.1) is 5.52 Å². The Morgan fingerprint density at radius 1 is 1.13 bits per heavy atom. The molecule has 0 radical (unpaired) electrons. The average molecular weight is 306 g/mol. The van der Waals surface area contributed by atoms with Crippen molar-refractivity contribution in [2.24, 2.45) is 0 Å². The van der Waals surface area contributed by atoms with Crippen LogP contribution in [0.2, 0.25) is 0 Å². The zero-order chi connectivity index (χ0) is 16.4. The molecular formula is C18H18N4O. The summed E-state index contributed by atoms with van der Waals surface area (Å²) < 4.78 is 0. The standard InChI is InChI=1S/C18H18N4O/c1-12-7-8-17-16(9-12)18(20-11-19-17)21-14-5-4-6-15(10-14)22(3)13(2)23/h4-11H,1-3H3,(H,19,20,21). The Hall–Kier alpha value is -2.95. The molecule has 1 heterocycles. The molecule has 5 nitrogen and oxygen atoms in total. The lowest BCUT2D eigenvalue weighted by molar-refractivity contribution is -0.116. The molecule has 3 aromatic rings. The molecule has 1 N–H and O–H groups in total. The number of aromatic nitrogens is 2. The summed E-state index contributed by atoms with van der Waals surface area (Å²) >= 11 is 0. The molecule has 0 aliphatic heterocycles. The van der Waals surface area contributed by atoms with E-state index >= 15 is 0 Å². The second kappa shape index (κ2) is 6.04. The van der Waals surface area contributed by atoms with Crippen molar-refractivity contribution in [3.63, 3.8) is 0 Å². The maximum atomic E-state index is 11.5. The summed E-state index contributed by atoms with van der Waals surface area (Å²) in [6, 6.07) is 13.7. The van der Waals surface area contributed by atoms with Crippen LogP contribution in [-0.2, 0) is 4.79 Å². The van der Waals surface area contributed by atoms with Crippen LogP contribution in [0.4, 0.5) is 17.2 Å². The number of nitrogens with one attached hydrogen (secondary N) is 1. The Balaban J connectivity index is 1.98. The quantitative estimate of drug-likeness (QED) is 0.802. The fraction of sp³-hybridized carbons (Fsp3) is 0.167. The van der Waals surface area contributed by atoms with Gasteiger partial charge in [-0.15, -0.1) is 0 Å². The van der Waals surface area contributed by atoms with E-state index < -0.39 is 0 Å². The zero-order valence-electron chi connectivity index (χ0n) is 13.4. The summed E-state index contributed by atoms with van der Waals surface area (Å²) in [5.41, 5.74) is 3.75. The largest absolute Gasteiger partial charge is 0.340 e. The van der Waals surface area contributed by atoms with Gasteiger partial charge in [0.2, 0.25) is 5.91 Å². The molecule has 0 saturated heterocycles. The predicted octanol–water partition coefficient (Wildman–Crippen LogP) is 3.66. The number of benzene rings is 2. The maximum absolute atomic E-state index is 11.5. The molecule has 3 rings (SSSR count). The Morgan fingerprint density at radius 2 is 1.96 bits per heavy atom. The third-order valence-corrected chi connectivity index (χ3v) is 3.76. The van der Waals surface area contributed by atoms with Crippen LogP contribution in [0.25, 0.3) is 10.9 Å². The van der Waals surface area contributed by atoms with Gasteiger partial charge >= 0.3 is 0 Å². The monoisotopic (exact) mass is 306 g/mol. The van der Waals surface area contributed by atoms with Crippen molar-refractivity contribution in [2.75, 3.05) is 17.3 Å². The molecule has 0 bridgehead atoms. The summed E-state index contributed by atoms with van der Waals surface area (Å²) in [5.74, 6) is 0.742. The summed E-state index contributed by atoms with van der Waals surface area (Å²) in [4.78, 5) is 21.8. The highest BCUT2D eigenvalue weighted by molar-refractivity contribution is 5.93. The summed E-state index contributed by atoms with van der Waals surface area (Å²) in [6.45, 7) is 3.58. The molecular weight excluding hydrogens is 288 g/mol. The Morgan fingerprint density at radius 3 is 2.74 bits per heavy atom. The van der Waals surface area contributed by atoms with Gasteiger partial charge in [0.1, 0.15) is 12.1 Å². The summed E-state index contributed by atoms with van der Waals surface area (Å²) in [5, 5.41) is 4.29. The number of amides is 1. The van der Waals surface area contributed by atoms with Crippen LogP contribution in [0.5, 0.6) is 0 Å². The lowest BCUT2D eigenvalue weighted by Crippen LogP contribution is -2.22. The van der Waals surface area contributed by atoms with Crippen molar-refractivity contribution >= 4 is 34.0 Å². The van der Waals surface area contributed by atoms with Crippen LogP contribution >= 0.6 is 0 Å². The molecule has 1 aromatic heterocycles. The molecule has 0 aliphatic carbocycles. The first kappa shape index (κ1) is 15.0. The molecule has 0 fully saturated rings. The number of carbonyl (C=O) groups excluding carboxylic acids is 1. The van der Waals surface area contributed by atoms with Crippen LogP contribution in [-0.4, -0.2) is 22.9 Å². The number of hydrogen-bond acceptors (Lipinski definition) is 4. The first-order chi connectivity index (χ1) is 11.0. The van der Waals surface area contributed by atoms with E-state index in [2.05, 4.69) is 21.4 Å². The SMILES string of the molecule is CC(=O)N(C)c1cccc(Nc2ncnc3ccc(C)cc23)c1. The molecule has 0 saturated carbocycles. The van der Waals surface area contributed by atoms with Crippen molar-refractivity contribution in [3.05, 3.63) is 54.4 Å². The minimum Gasteiger partial charge on any atom is -0.340 e. The van der Waals surface area contributed by atoms with Gasteiger partial charge in [-0.25, -0.2) is 9.97 Å². The number of hydrogen-bond donors (Lipinski definition) is 1. The number of aryl methyl sites for hydroxylation is 1. The molecule has 5 heteroatoms. The van der Waals surface area contributed by atoms with E-state index in [0.29, 0.717) is 0 Å². The van der Waals surface area contributed by atoms with E-state index in [1.165, 1.54) is 0 Å². The predicted molar refractivity (Wildman–Crippen MR) is 93.1 cm³/mol. The number of fused-ring (bicyclic) bond motifs is 1. The van der Waals surface area contributed by atoms with Gasteiger partial charge in [-0.2, -0.15) is 0 Å². The Labute approximate surface area is 135 Å². The molecule has 0 atom stereocenters. The third-order valence-electron chi connectivity index (χ3n) is 3.76. The van der Waals surface area contributed by atoms with E-state index in [-0.39, 0.29) is 5.91 Å². The fourth-order valence-corrected chi connectivity index (χ4v) is 2.38. The molecule has 2 aromatic carbocycles. The fourth-order valence-electron chi connectivity index (χ4n) is 2.38. The van der Waals surface area contributed by atoms with Gasteiger partial charge in [0, 0.05) is 30.7 Å². The highest BCUT2D eigenvalue weighted by Gasteiger charge is 2.08. The van der Waals surface area contributed by atoms with Crippen LogP contribution in [0.3, 0.4) is 0 Å². The smallest absolute Gasteiger partial charge is 0.223 e. The first-order valence-corrected chi connectivity index (χ1v) is 7.37. The van der Waals surface area contributed by atoms with Gasteiger partial charge in [0.25, 0.3) is 0 Å². The van der Waals surface area contributed by atoms with Gasteiger partial charge < -0.3 is 10.2 Å². The van der Waals surface area contributed by atoms with Crippen molar-refractivity contribution in [3.8, 4) is 0 Å². The van der Waals surface area contributed by atoms with E-state index in [4.69, 9.17) is 0 Å². The van der Waals surface area contributed by atoms with Crippen LogP contribution in [0.15, 0.2) is 48.8 Å². The summed E-state index contributed by atoms with van der Waals surface area (Å²) in [7, 11) is 1.75. The zero-order valence-corrected chi connectivity index (χ0v) is 13.4. The average Bonchev–Trinajstić information content (AvgIpc) is 2.55. The number of carbonyl (C=O) groups is 1. The number of nitrogens with zero attached hydrogens (tertiary/aromatic N) is 3. The molecule has 23 heavy (non-hydrogen) atoms. The third kappa shape index (κ3) is 3.13. The van der Waals surface area contributed by atoms with Gasteiger partial charge in [-0.3, -0.25) is 4.79 Å². The van der Waals surface area contributed by atoms with Gasteiger partial charge in [0.15, 0.2) is 0 Å². The van der Waals surface area contributed by atoms with E-state index in [0.717, 1.165) is 33.7 Å². The lowest BCUT2D eigenvalue weighted by Gasteiger charge is -2.16. The Kier molecular flexibility index (Phi) is 3.93. The number of anilines is 3. The highest BCUT2D eigenvalue weighted by Crippen LogP contribution is 2.26. The molecule has 0 spiro atoms. The first-order valence-electron chi connectivity index (χ1n) is 7.37. The van der Waals surface area contributed by atoms with Crippen LogP contribution in [0, 0.1) is 6.92 Å². The van der Waals surface area contributed by atoms with Crippen molar-refractivity contribution in [2.45, 2.75) is 13.8 Å². The van der Waals surface area contributed by atoms with Crippen molar-refractivity contribution in [1.82, 2.24) is 9.97 Å². The molecule has 1 amide bonds. The molecule has 116 valence electrons. The number of rotatable bonds is 3.